The molecule has 156 valence electrons. The van der Waals surface area contributed by atoms with Crippen molar-refractivity contribution in [2.45, 2.75) is 40.2 Å². The molecule has 0 saturated heterocycles. The van der Waals surface area contributed by atoms with Gasteiger partial charge in [0.1, 0.15) is 0 Å². The summed E-state index contributed by atoms with van der Waals surface area (Å²) >= 11 is 0. The molecule has 0 aromatic rings. The zero-order chi connectivity index (χ0) is 21.2. The molecule has 0 bridgehead atoms. The molecular weight excluding hydrogens is 358 g/mol. The van der Waals surface area contributed by atoms with Crippen molar-refractivity contribution in [3.05, 3.63) is 0 Å². The number of aliphatic carboxylic acids is 3. The summed E-state index contributed by atoms with van der Waals surface area (Å²) in [5.41, 5.74) is 0.0294. The highest BCUT2D eigenvalue weighted by Crippen LogP contribution is 2.20. The Morgan fingerprint density at radius 1 is 0.815 bits per heavy atom. The Labute approximate surface area is 159 Å². The lowest BCUT2D eigenvalue weighted by molar-refractivity contribution is -0.143. The van der Waals surface area contributed by atoms with Crippen LogP contribution in [0.5, 0.6) is 0 Å². The van der Waals surface area contributed by atoms with Crippen LogP contribution < -0.4 is 5.32 Å². The van der Waals surface area contributed by atoms with E-state index in [-0.39, 0.29) is 37.0 Å². The fourth-order valence-corrected chi connectivity index (χ4v) is 2.78. The molecule has 0 heterocycles. The van der Waals surface area contributed by atoms with Crippen molar-refractivity contribution in [3.63, 3.8) is 0 Å². The zero-order valence-corrected chi connectivity index (χ0v) is 16.4. The second-order valence-corrected chi connectivity index (χ2v) is 7.84. The predicted octanol–water partition coefficient (Wildman–Crippen LogP) is -0.215. The third kappa shape index (κ3) is 14.6. The Hall–Kier alpha value is -2.20. The number of hydrogen-bond acceptors (Lipinski definition) is 6. The van der Waals surface area contributed by atoms with Crippen LogP contribution in [0.15, 0.2) is 0 Å². The molecule has 10 heteroatoms. The fourth-order valence-electron chi connectivity index (χ4n) is 2.78. The molecule has 1 unspecified atom stereocenters. The average molecular weight is 389 g/mol. The van der Waals surface area contributed by atoms with Gasteiger partial charge in [-0.1, -0.05) is 20.8 Å². The van der Waals surface area contributed by atoms with E-state index in [1.807, 2.05) is 27.7 Å². The third-order valence-corrected chi connectivity index (χ3v) is 3.50. The van der Waals surface area contributed by atoms with Gasteiger partial charge in [-0.25, -0.2) is 0 Å². The second-order valence-electron chi connectivity index (χ2n) is 7.84. The minimum absolute atomic E-state index is 0.0106. The van der Waals surface area contributed by atoms with Crippen molar-refractivity contribution in [1.29, 1.82) is 0 Å². The van der Waals surface area contributed by atoms with E-state index in [9.17, 15) is 19.2 Å². The van der Waals surface area contributed by atoms with Crippen LogP contribution in [0.2, 0.25) is 0 Å². The molecule has 27 heavy (non-hydrogen) atoms. The SMILES string of the molecule is CC(CC(C)(C)C)NC(=O)CN(CCN(CC(=O)O)CC(=O)O)CC(=O)O. The minimum atomic E-state index is -1.19. The van der Waals surface area contributed by atoms with Crippen molar-refractivity contribution in [2.75, 3.05) is 39.3 Å². The van der Waals surface area contributed by atoms with Crippen molar-refractivity contribution in [1.82, 2.24) is 15.1 Å². The van der Waals surface area contributed by atoms with Gasteiger partial charge < -0.3 is 20.6 Å². The molecule has 10 nitrogen and oxygen atoms in total. The van der Waals surface area contributed by atoms with Crippen LogP contribution in [0.3, 0.4) is 0 Å². The zero-order valence-electron chi connectivity index (χ0n) is 16.4. The highest BCUT2D eigenvalue weighted by atomic mass is 16.4. The van der Waals surface area contributed by atoms with Crippen LogP contribution in [0, 0.1) is 5.41 Å². The summed E-state index contributed by atoms with van der Waals surface area (Å²) in [7, 11) is 0. The predicted molar refractivity (Wildman–Crippen MR) is 97.5 cm³/mol. The Kier molecular flexibility index (Phi) is 10.6. The van der Waals surface area contributed by atoms with Crippen LogP contribution in [-0.2, 0) is 19.2 Å². The molecule has 0 saturated carbocycles. The van der Waals surface area contributed by atoms with Gasteiger partial charge in [0.2, 0.25) is 5.91 Å². The molecule has 1 amide bonds. The lowest BCUT2D eigenvalue weighted by Gasteiger charge is -2.27. The first-order chi connectivity index (χ1) is 12.3. The van der Waals surface area contributed by atoms with Crippen molar-refractivity contribution < 1.29 is 34.5 Å². The quantitative estimate of drug-likeness (QED) is 0.336. The van der Waals surface area contributed by atoms with Gasteiger partial charge in [0, 0.05) is 19.1 Å². The fraction of sp³-hybridized carbons (Fsp3) is 0.765. The lowest BCUT2D eigenvalue weighted by atomic mass is 9.89. The molecule has 4 N–H and O–H groups in total. The van der Waals surface area contributed by atoms with E-state index in [4.69, 9.17) is 15.3 Å². The first-order valence-corrected chi connectivity index (χ1v) is 8.68. The highest BCUT2D eigenvalue weighted by Gasteiger charge is 2.21. The third-order valence-electron chi connectivity index (χ3n) is 3.50. The van der Waals surface area contributed by atoms with E-state index in [2.05, 4.69) is 5.32 Å². The molecule has 0 rings (SSSR count). The standard InChI is InChI=1S/C17H31N3O7/c1-12(7-17(2,3)4)18-13(21)8-19(9-14(22)23)5-6-20(10-15(24)25)11-16(26)27/h12H,5-11H2,1-4H3,(H,18,21)(H,22,23)(H,24,25)(H,26,27). The highest BCUT2D eigenvalue weighted by molar-refractivity contribution is 5.79. The maximum absolute atomic E-state index is 12.2. The molecule has 0 aromatic carbocycles. The van der Waals surface area contributed by atoms with E-state index >= 15 is 0 Å². The van der Waals surface area contributed by atoms with Crippen molar-refractivity contribution in [2.24, 2.45) is 5.41 Å². The van der Waals surface area contributed by atoms with Crippen LogP contribution in [0.1, 0.15) is 34.1 Å². The molecule has 0 spiro atoms. The molecule has 0 aliphatic rings. The van der Waals surface area contributed by atoms with E-state index in [0.29, 0.717) is 0 Å². The first kappa shape index (κ1) is 24.8. The summed E-state index contributed by atoms with van der Waals surface area (Å²) in [6.07, 6.45) is 0.753. The molecular formula is C17H31N3O7. The summed E-state index contributed by atoms with van der Waals surface area (Å²) in [4.78, 5) is 47.4. The molecule has 0 aliphatic heterocycles. The van der Waals surface area contributed by atoms with Gasteiger partial charge >= 0.3 is 17.9 Å². The van der Waals surface area contributed by atoms with Gasteiger partial charge in [-0.15, -0.1) is 0 Å². The number of carboxylic acids is 3. The van der Waals surface area contributed by atoms with Gasteiger partial charge in [0.15, 0.2) is 0 Å². The largest absolute Gasteiger partial charge is 0.480 e. The molecule has 1 atom stereocenters. The molecule has 0 fully saturated rings. The van der Waals surface area contributed by atoms with Crippen LogP contribution in [0.25, 0.3) is 0 Å². The average Bonchev–Trinajstić information content (AvgIpc) is 2.39. The summed E-state index contributed by atoms with van der Waals surface area (Å²) in [5.74, 6) is -3.84. The van der Waals surface area contributed by atoms with Gasteiger partial charge in [-0.2, -0.15) is 0 Å². The minimum Gasteiger partial charge on any atom is -0.480 e. The molecule has 0 radical (unpaired) electrons. The summed E-state index contributed by atoms with van der Waals surface area (Å²) in [5, 5.41) is 29.5. The summed E-state index contributed by atoms with van der Waals surface area (Å²) < 4.78 is 0. The summed E-state index contributed by atoms with van der Waals surface area (Å²) in [6, 6.07) is -0.0836. The molecule has 0 aliphatic carbocycles. The van der Waals surface area contributed by atoms with Crippen molar-refractivity contribution >= 4 is 23.8 Å². The number of rotatable bonds is 13. The number of nitrogens with zero attached hydrogens (tertiary/aromatic N) is 2. The molecule has 0 aromatic heterocycles. The maximum Gasteiger partial charge on any atom is 0.317 e. The number of carboxylic acid groups (broad SMARTS) is 3. The van der Waals surface area contributed by atoms with Gasteiger partial charge in [-0.05, 0) is 18.8 Å². The second kappa shape index (κ2) is 11.5. The Morgan fingerprint density at radius 3 is 1.52 bits per heavy atom. The Bertz CT molecular complexity index is 515. The number of carbonyl (C=O) groups excluding carboxylic acids is 1. The topological polar surface area (TPSA) is 147 Å². The lowest BCUT2D eigenvalue weighted by Crippen LogP contribution is -2.46. The number of nitrogens with one attached hydrogen (secondary N) is 1. The van der Waals surface area contributed by atoms with Gasteiger partial charge in [-0.3, -0.25) is 29.0 Å². The number of carbonyl (C=O) groups is 4. The van der Waals surface area contributed by atoms with E-state index in [1.54, 1.807) is 0 Å². The van der Waals surface area contributed by atoms with Gasteiger partial charge in [0.25, 0.3) is 0 Å². The first-order valence-electron chi connectivity index (χ1n) is 8.68. The monoisotopic (exact) mass is 389 g/mol. The number of amides is 1. The summed E-state index contributed by atoms with van der Waals surface area (Å²) in [6.45, 7) is 6.52. The van der Waals surface area contributed by atoms with E-state index < -0.39 is 37.5 Å². The van der Waals surface area contributed by atoms with Gasteiger partial charge in [0.05, 0.1) is 26.2 Å². The van der Waals surface area contributed by atoms with Crippen molar-refractivity contribution in [3.8, 4) is 0 Å². The Balaban J connectivity index is 4.76. The van der Waals surface area contributed by atoms with Crippen LogP contribution in [-0.4, -0.2) is 94.2 Å². The van der Waals surface area contributed by atoms with E-state index in [0.717, 1.165) is 6.42 Å². The van der Waals surface area contributed by atoms with Crippen LogP contribution in [0.4, 0.5) is 0 Å². The van der Waals surface area contributed by atoms with Crippen LogP contribution >= 0.6 is 0 Å². The normalized spacial score (nSPS) is 12.8. The smallest absolute Gasteiger partial charge is 0.317 e. The number of hydrogen-bond donors (Lipinski definition) is 4. The van der Waals surface area contributed by atoms with E-state index in [1.165, 1.54) is 9.80 Å². The maximum atomic E-state index is 12.2. The Morgan fingerprint density at radius 2 is 1.19 bits per heavy atom.